The van der Waals surface area contributed by atoms with Crippen molar-refractivity contribution in [3.8, 4) is 0 Å². The van der Waals surface area contributed by atoms with Crippen molar-refractivity contribution in [2.24, 2.45) is 5.41 Å². The van der Waals surface area contributed by atoms with Gasteiger partial charge in [0.1, 0.15) is 6.61 Å². The van der Waals surface area contributed by atoms with E-state index in [1.54, 1.807) is 4.90 Å². The Morgan fingerprint density at radius 1 is 1.33 bits per heavy atom. The summed E-state index contributed by atoms with van der Waals surface area (Å²) in [5.41, 5.74) is 5.51. The Kier molecular flexibility index (Phi) is 7.85. The number of carbonyl (C=O) groups is 2. The fourth-order valence-corrected chi connectivity index (χ4v) is 4.10. The summed E-state index contributed by atoms with van der Waals surface area (Å²) in [6.07, 6.45) is 5.96. The SMILES string of the molecule is CC/C(NN(C)CC1=CCOCC1)=C(/C=O)N1CCN(C(=O)C2(COF)CC2)CC1. The van der Waals surface area contributed by atoms with Crippen LogP contribution in [0.5, 0.6) is 0 Å². The second kappa shape index (κ2) is 10.4. The fourth-order valence-electron chi connectivity index (χ4n) is 4.10. The second-order valence-corrected chi connectivity index (χ2v) is 8.30. The molecule has 1 saturated carbocycles. The maximum atomic E-state index is 12.7. The Morgan fingerprint density at radius 2 is 2.03 bits per heavy atom. The summed E-state index contributed by atoms with van der Waals surface area (Å²) >= 11 is 0. The number of piperazine rings is 1. The van der Waals surface area contributed by atoms with Gasteiger partial charge in [-0.3, -0.25) is 9.59 Å². The zero-order valence-electron chi connectivity index (χ0n) is 18.0. The van der Waals surface area contributed by atoms with Crippen molar-refractivity contribution in [2.45, 2.75) is 32.6 Å². The summed E-state index contributed by atoms with van der Waals surface area (Å²) in [5, 5.41) is 1.99. The molecule has 9 heteroatoms. The largest absolute Gasteiger partial charge is 0.377 e. The van der Waals surface area contributed by atoms with E-state index in [-0.39, 0.29) is 12.5 Å². The summed E-state index contributed by atoms with van der Waals surface area (Å²) < 4.78 is 17.7. The van der Waals surface area contributed by atoms with Crippen LogP contribution in [-0.2, 0) is 19.3 Å². The molecule has 2 fully saturated rings. The van der Waals surface area contributed by atoms with Gasteiger partial charge in [0.05, 0.1) is 30.0 Å². The van der Waals surface area contributed by atoms with Crippen molar-refractivity contribution >= 4 is 12.2 Å². The van der Waals surface area contributed by atoms with Crippen LogP contribution in [0.15, 0.2) is 23.0 Å². The molecule has 168 valence electrons. The highest BCUT2D eigenvalue weighted by atomic mass is 19.3. The lowest BCUT2D eigenvalue weighted by atomic mass is 10.1. The van der Waals surface area contributed by atoms with Gasteiger partial charge in [0.15, 0.2) is 6.29 Å². The van der Waals surface area contributed by atoms with E-state index >= 15 is 0 Å². The van der Waals surface area contributed by atoms with E-state index in [1.165, 1.54) is 5.57 Å². The molecule has 2 heterocycles. The van der Waals surface area contributed by atoms with E-state index < -0.39 is 5.41 Å². The Hall–Kier alpha value is -1.97. The van der Waals surface area contributed by atoms with Gasteiger partial charge in [-0.2, -0.15) is 4.94 Å². The van der Waals surface area contributed by atoms with E-state index in [4.69, 9.17) is 4.74 Å². The molecule has 0 bridgehead atoms. The van der Waals surface area contributed by atoms with Crippen molar-refractivity contribution < 1.29 is 23.8 Å². The number of likely N-dealkylation sites (N-methyl/N-ethyl adjacent to an activating group) is 1. The Morgan fingerprint density at radius 3 is 2.57 bits per heavy atom. The highest BCUT2D eigenvalue weighted by Crippen LogP contribution is 2.47. The maximum Gasteiger partial charge on any atom is 0.231 e. The van der Waals surface area contributed by atoms with Gasteiger partial charge in [-0.05, 0) is 30.2 Å². The summed E-state index contributed by atoms with van der Waals surface area (Å²) in [5.74, 6) is -0.0326. The number of aldehydes is 1. The predicted octanol–water partition coefficient (Wildman–Crippen LogP) is 1.42. The van der Waals surface area contributed by atoms with Crippen LogP contribution in [0.4, 0.5) is 4.53 Å². The number of rotatable bonds is 10. The number of amides is 1. The molecular formula is C21H33FN4O4. The molecule has 30 heavy (non-hydrogen) atoms. The summed E-state index contributed by atoms with van der Waals surface area (Å²) in [6.45, 7) is 6.20. The molecule has 0 radical (unpaired) electrons. The molecule has 8 nitrogen and oxygen atoms in total. The zero-order valence-corrected chi connectivity index (χ0v) is 18.0. The molecule has 1 amide bonds. The number of ether oxygens (including phenoxy) is 1. The first-order chi connectivity index (χ1) is 14.5. The molecule has 3 aliphatic rings. The number of halogens is 1. The van der Waals surface area contributed by atoms with Crippen LogP contribution in [0.3, 0.4) is 0 Å². The lowest BCUT2D eigenvalue weighted by Gasteiger charge is -2.38. The van der Waals surface area contributed by atoms with E-state index in [0.717, 1.165) is 31.6 Å². The molecule has 2 aliphatic heterocycles. The number of hydrazine groups is 1. The van der Waals surface area contributed by atoms with Crippen LogP contribution in [-0.4, -0.2) is 86.6 Å². The Balaban J connectivity index is 1.58. The molecular weight excluding hydrogens is 391 g/mol. The van der Waals surface area contributed by atoms with Gasteiger partial charge in [0.25, 0.3) is 0 Å². The molecule has 1 N–H and O–H groups in total. The normalized spacial score (nSPS) is 21.8. The van der Waals surface area contributed by atoms with Crippen molar-refractivity contribution in [1.82, 2.24) is 20.2 Å². The topological polar surface area (TPSA) is 74.4 Å². The fraction of sp³-hybridized carbons (Fsp3) is 0.714. The number of carbonyl (C=O) groups excluding carboxylic acids is 2. The third-order valence-corrected chi connectivity index (χ3v) is 6.14. The van der Waals surface area contributed by atoms with Crippen LogP contribution in [0.1, 0.15) is 32.6 Å². The number of hydrogen-bond donors (Lipinski definition) is 1. The van der Waals surface area contributed by atoms with Gasteiger partial charge < -0.3 is 20.0 Å². The summed E-state index contributed by atoms with van der Waals surface area (Å²) in [6, 6.07) is 0. The predicted molar refractivity (Wildman–Crippen MR) is 110 cm³/mol. The minimum absolute atomic E-state index is 0.0326. The third kappa shape index (κ3) is 5.39. The molecule has 1 aliphatic carbocycles. The van der Waals surface area contributed by atoms with E-state index in [0.29, 0.717) is 57.7 Å². The van der Waals surface area contributed by atoms with Gasteiger partial charge in [0.2, 0.25) is 5.91 Å². The van der Waals surface area contributed by atoms with Gasteiger partial charge in [-0.25, -0.2) is 5.01 Å². The molecule has 0 aromatic heterocycles. The van der Waals surface area contributed by atoms with Crippen LogP contribution < -0.4 is 5.43 Å². The molecule has 0 unspecified atom stereocenters. The van der Waals surface area contributed by atoms with Crippen molar-refractivity contribution in [1.29, 1.82) is 0 Å². The van der Waals surface area contributed by atoms with Gasteiger partial charge in [-0.15, -0.1) is 0 Å². The molecule has 1 saturated heterocycles. The number of hydrogen-bond acceptors (Lipinski definition) is 7. The molecule has 0 aromatic carbocycles. The smallest absolute Gasteiger partial charge is 0.231 e. The number of nitrogens with one attached hydrogen (secondary N) is 1. The number of nitrogens with zero attached hydrogens (tertiary/aromatic N) is 3. The van der Waals surface area contributed by atoms with Crippen molar-refractivity contribution in [3.63, 3.8) is 0 Å². The first kappa shape index (κ1) is 22.7. The Labute approximate surface area is 177 Å². The lowest BCUT2D eigenvalue weighted by Crippen LogP contribution is -2.51. The average molecular weight is 425 g/mol. The lowest BCUT2D eigenvalue weighted by molar-refractivity contribution is -0.166. The summed E-state index contributed by atoms with van der Waals surface area (Å²) in [7, 11) is 1.97. The first-order valence-corrected chi connectivity index (χ1v) is 10.7. The molecule has 0 spiro atoms. The van der Waals surface area contributed by atoms with Crippen LogP contribution in [0, 0.1) is 5.41 Å². The van der Waals surface area contributed by atoms with Crippen LogP contribution >= 0.6 is 0 Å². The third-order valence-electron chi connectivity index (χ3n) is 6.14. The van der Waals surface area contributed by atoms with E-state index in [9.17, 15) is 14.1 Å². The quantitative estimate of drug-likeness (QED) is 0.246. The van der Waals surface area contributed by atoms with Crippen LogP contribution in [0.25, 0.3) is 0 Å². The highest BCUT2D eigenvalue weighted by molar-refractivity contribution is 5.85. The van der Waals surface area contributed by atoms with Gasteiger partial charge >= 0.3 is 0 Å². The van der Waals surface area contributed by atoms with Gasteiger partial charge in [0, 0.05) is 39.8 Å². The maximum absolute atomic E-state index is 12.7. The van der Waals surface area contributed by atoms with E-state index in [2.05, 4.69) is 16.4 Å². The molecule has 3 rings (SSSR count). The first-order valence-electron chi connectivity index (χ1n) is 10.7. The zero-order chi connectivity index (χ0) is 21.6. The molecule has 0 atom stereocenters. The van der Waals surface area contributed by atoms with Crippen molar-refractivity contribution in [2.75, 3.05) is 59.6 Å². The molecule has 0 aromatic rings. The Bertz CT molecular complexity index is 684. The highest BCUT2D eigenvalue weighted by Gasteiger charge is 2.52. The standard InChI is InChI=1S/C21H33FN4O4/c1-3-18(23-24(2)14-17-4-12-29-13-5-17)19(15-27)25-8-10-26(11-9-25)20(28)21(6-7-21)16-30-22/h4,15,23H,3,5-14,16H2,1-2H3/b19-18+. The van der Waals surface area contributed by atoms with Crippen LogP contribution in [0.2, 0.25) is 0 Å². The monoisotopic (exact) mass is 424 g/mol. The van der Waals surface area contributed by atoms with E-state index in [1.807, 2.05) is 23.9 Å². The second-order valence-electron chi connectivity index (χ2n) is 8.30. The average Bonchev–Trinajstić information content (AvgIpc) is 3.55. The number of allylic oxidation sites excluding steroid dienone is 2. The minimum atomic E-state index is -0.669. The summed E-state index contributed by atoms with van der Waals surface area (Å²) in [4.78, 5) is 32.2. The van der Waals surface area contributed by atoms with Gasteiger partial charge in [-0.1, -0.05) is 18.6 Å². The van der Waals surface area contributed by atoms with Crippen molar-refractivity contribution in [3.05, 3.63) is 23.0 Å². The minimum Gasteiger partial charge on any atom is -0.377 e.